The molecule has 0 N–H and O–H groups in total. The van der Waals surface area contributed by atoms with Gasteiger partial charge in [0.05, 0.1) is 33.1 Å². The average molecular weight is 881 g/mol. The minimum absolute atomic E-state index is 1.06. The Balaban J connectivity index is 1.00. The number of benzene rings is 10. The van der Waals surface area contributed by atoms with Gasteiger partial charge in [0.2, 0.25) is 0 Å². The monoisotopic (exact) mass is 879 g/mol. The van der Waals surface area contributed by atoms with Crippen molar-refractivity contribution in [1.29, 1.82) is 0 Å². The molecule has 0 aliphatic heterocycles. The number of hydrogen-bond donors (Lipinski definition) is 0. The third-order valence-corrected chi connectivity index (χ3v) is 13.6. The number of rotatable bonds is 6. The molecule has 300 valence electrons. The van der Waals surface area contributed by atoms with Crippen molar-refractivity contribution in [2.45, 2.75) is 0 Å². The SMILES string of the molecule is Brc1ccc(-c2cc(-c3ccc4c(c3)c3ccccc3n4-c3ccc4c5ccccc5n(-c5ccccc5)c4c3)cc(-c3ccc4c5ccccc5n(-c5ccccc5)c4c3)c2)cc1. The minimum atomic E-state index is 1.06. The van der Waals surface area contributed by atoms with Gasteiger partial charge in [-0.2, -0.15) is 0 Å². The molecular weight excluding hydrogens is 843 g/mol. The summed E-state index contributed by atoms with van der Waals surface area (Å²) < 4.78 is 8.30. The second-order valence-corrected chi connectivity index (χ2v) is 17.6. The molecule has 0 bridgehead atoms. The predicted molar refractivity (Wildman–Crippen MR) is 273 cm³/mol. The highest BCUT2D eigenvalue weighted by Gasteiger charge is 2.19. The van der Waals surface area contributed by atoms with Crippen molar-refractivity contribution in [3.05, 3.63) is 235 Å². The van der Waals surface area contributed by atoms with Crippen LogP contribution in [-0.4, -0.2) is 13.7 Å². The maximum Gasteiger partial charge on any atom is 0.0561 e. The molecule has 0 radical (unpaired) electrons. The van der Waals surface area contributed by atoms with Gasteiger partial charge in [0.15, 0.2) is 0 Å². The summed E-state index contributed by atoms with van der Waals surface area (Å²) in [6.07, 6.45) is 0. The van der Waals surface area contributed by atoms with Gasteiger partial charge in [-0.25, -0.2) is 0 Å². The predicted octanol–water partition coefficient (Wildman–Crippen LogP) is 16.7. The molecule has 0 aliphatic carbocycles. The summed E-state index contributed by atoms with van der Waals surface area (Å²) in [5.41, 5.74) is 17.6. The van der Waals surface area contributed by atoms with Crippen LogP contribution in [0, 0.1) is 0 Å². The van der Waals surface area contributed by atoms with Gasteiger partial charge < -0.3 is 13.7 Å². The Bertz CT molecular complexity index is 3950. The minimum Gasteiger partial charge on any atom is -0.309 e. The lowest BCUT2D eigenvalue weighted by atomic mass is 9.92. The first-order chi connectivity index (χ1) is 31.6. The topological polar surface area (TPSA) is 14.8 Å². The van der Waals surface area contributed by atoms with Gasteiger partial charge >= 0.3 is 0 Å². The molecule has 64 heavy (non-hydrogen) atoms. The van der Waals surface area contributed by atoms with Crippen LogP contribution in [0.1, 0.15) is 0 Å². The van der Waals surface area contributed by atoms with Crippen LogP contribution in [0.5, 0.6) is 0 Å². The molecule has 0 aliphatic rings. The summed E-state index contributed by atoms with van der Waals surface area (Å²) in [6.45, 7) is 0. The van der Waals surface area contributed by atoms with E-state index in [0.717, 1.165) is 21.5 Å². The molecule has 3 aromatic heterocycles. The molecule has 0 atom stereocenters. The standard InChI is InChI=1S/C60H38BrN3/c61-45-27-23-39(24-28-45)42-33-43(35-44(34-42)41-25-30-52-49-17-7-10-20-55(49)62(59(52)37-41)46-13-3-1-4-14-46)40-26-32-58-54(36-40)51-19-9-12-22-57(51)64(58)48-29-31-53-50-18-8-11-21-56(50)63(60(53)38-48)47-15-5-2-6-16-47/h1-38H. The highest BCUT2D eigenvalue weighted by molar-refractivity contribution is 9.10. The van der Waals surface area contributed by atoms with Gasteiger partial charge in [0.25, 0.3) is 0 Å². The summed E-state index contributed by atoms with van der Waals surface area (Å²) in [5, 5.41) is 7.45. The van der Waals surface area contributed by atoms with Gasteiger partial charge in [0.1, 0.15) is 0 Å². The summed E-state index contributed by atoms with van der Waals surface area (Å²) in [6, 6.07) is 84.4. The molecule has 13 aromatic rings. The molecule has 0 saturated carbocycles. The molecule has 0 saturated heterocycles. The Labute approximate surface area is 378 Å². The molecule has 10 aromatic carbocycles. The zero-order chi connectivity index (χ0) is 42.3. The largest absolute Gasteiger partial charge is 0.309 e. The zero-order valence-electron chi connectivity index (χ0n) is 34.7. The first-order valence-corrected chi connectivity index (χ1v) is 22.6. The Morgan fingerprint density at radius 2 is 0.609 bits per heavy atom. The highest BCUT2D eigenvalue weighted by Crippen LogP contribution is 2.41. The number of nitrogens with zero attached hydrogens (tertiary/aromatic N) is 3. The van der Waals surface area contributed by atoms with E-state index in [2.05, 4.69) is 260 Å². The lowest BCUT2D eigenvalue weighted by molar-refractivity contribution is 1.15. The van der Waals surface area contributed by atoms with Crippen LogP contribution >= 0.6 is 15.9 Å². The van der Waals surface area contributed by atoms with Crippen molar-refractivity contribution in [3.8, 4) is 50.4 Å². The molecule has 0 fully saturated rings. The second kappa shape index (κ2) is 14.6. The number of fused-ring (bicyclic) bond motifs is 9. The van der Waals surface area contributed by atoms with Crippen LogP contribution in [0.15, 0.2) is 235 Å². The first-order valence-electron chi connectivity index (χ1n) is 21.8. The van der Waals surface area contributed by atoms with E-state index in [9.17, 15) is 0 Å². The van der Waals surface area contributed by atoms with E-state index in [1.54, 1.807) is 0 Å². The van der Waals surface area contributed by atoms with Crippen LogP contribution in [0.4, 0.5) is 0 Å². The summed E-state index contributed by atoms with van der Waals surface area (Å²) in [7, 11) is 0. The molecule has 3 heterocycles. The fraction of sp³-hybridized carbons (Fsp3) is 0. The number of hydrogen-bond acceptors (Lipinski definition) is 0. The molecule has 0 amide bonds. The van der Waals surface area contributed by atoms with Crippen molar-refractivity contribution in [2.75, 3.05) is 0 Å². The van der Waals surface area contributed by atoms with Gasteiger partial charge in [-0.3, -0.25) is 0 Å². The van der Waals surface area contributed by atoms with Crippen LogP contribution in [0.3, 0.4) is 0 Å². The second-order valence-electron chi connectivity index (χ2n) is 16.7. The van der Waals surface area contributed by atoms with Gasteiger partial charge in [-0.1, -0.05) is 143 Å². The fourth-order valence-electron chi connectivity index (χ4n) is 10.2. The van der Waals surface area contributed by atoms with Crippen molar-refractivity contribution in [1.82, 2.24) is 13.7 Å². The summed E-state index contributed by atoms with van der Waals surface area (Å²) in [5.74, 6) is 0. The zero-order valence-corrected chi connectivity index (χ0v) is 36.2. The van der Waals surface area contributed by atoms with Gasteiger partial charge in [-0.15, -0.1) is 0 Å². The Morgan fingerprint density at radius 3 is 1.19 bits per heavy atom. The third kappa shape index (κ3) is 5.80. The summed E-state index contributed by atoms with van der Waals surface area (Å²) in [4.78, 5) is 0. The molecule has 13 rings (SSSR count). The molecule has 0 spiro atoms. The quantitative estimate of drug-likeness (QED) is 0.158. The maximum atomic E-state index is 3.67. The number of halogens is 1. The van der Waals surface area contributed by atoms with Gasteiger partial charge in [-0.05, 0) is 137 Å². The van der Waals surface area contributed by atoms with Gasteiger partial charge in [0, 0.05) is 53.9 Å². The van der Waals surface area contributed by atoms with Crippen LogP contribution < -0.4 is 0 Å². The van der Waals surface area contributed by atoms with E-state index in [1.807, 2.05) is 0 Å². The number of para-hydroxylation sites is 5. The average Bonchev–Trinajstić information content (AvgIpc) is 3.99. The third-order valence-electron chi connectivity index (χ3n) is 13.1. The first kappa shape index (κ1) is 36.7. The molecule has 4 heteroatoms. The summed E-state index contributed by atoms with van der Waals surface area (Å²) >= 11 is 3.67. The van der Waals surface area contributed by atoms with E-state index >= 15 is 0 Å². The smallest absolute Gasteiger partial charge is 0.0561 e. The van der Waals surface area contributed by atoms with E-state index in [1.165, 1.54) is 98.8 Å². The van der Waals surface area contributed by atoms with Crippen molar-refractivity contribution < 1.29 is 0 Å². The van der Waals surface area contributed by atoms with E-state index in [4.69, 9.17) is 0 Å². The van der Waals surface area contributed by atoms with Crippen LogP contribution in [0.2, 0.25) is 0 Å². The fourth-order valence-corrected chi connectivity index (χ4v) is 10.4. The van der Waals surface area contributed by atoms with E-state index in [-0.39, 0.29) is 0 Å². The maximum absolute atomic E-state index is 3.67. The van der Waals surface area contributed by atoms with Crippen LogP contribution in [0.25, 0.3) is 116 Å². The van der Waals surface area contributed by atoms with E-state index < -0.39 is 0 Å². The molecule has 0 unspecified atom stereocenters. The lowest BCUT2D eigenvalue weighted by Crippen LogP contribution is -1.96. The normalized spacial score (nSPS) is 11.8. The Kier molecular flexibility index (Phi) is 8.37. The number of aromatic nitrogens is 3. The Morgan fingerprint density at radius 1 is 0.219 bits per heavy atom. The van der Waals surface area contributed by atoms with Crippen molar-refractivity contribution in [2.24, 2.45) is 0 Å². The highest BCUT2D eigenvalue weighted by atomic mass is 79.9. The van der Waals surface area contributed by atoms with Crippen molar-refractivity contribution >= 4 is 81.3 Å². The Hall–Kier alpha value is -7.92. The molecular formula is C60H38BrN3. The van der Waals surface area contributed by atoms with Crippen LogP contribution in [-0.2, 0) is 0 Å². The van der Waals surface area contributed by atoms with E-state index in [0.29, 0.717) is 0 Å². The lowest BCUT2D eigenvalue weighted by Gasteiger charge is -2.13. The molecule has 3 nitrogen and oxygen atoms in total. The van der Waals surface area contributed by atoms with Crippen molar-refractivity contribution in [3.63, 3.8) is 0 Å².